The minimum Gasteiger partial charge on any atom is -0.494 e. The fourth-order valence-corrected chi connectivity index (χ4v) is 5.57. The maximum Gasteiger partial charge on any atom is 0.261 e. The topological polar surface area (TPSA) is 83.7 Å². The largest absolute Gasteiger partial charge is 0.494 e. The lowest BCUT2D eigenvalue weighted by Gasteiger charge is -2.17. The minimum absolute atomic E-state index is 0.140. The Kier molecular flexibility index (Phi) is 9.58. The van der Waals surface area contributed by atoms with E-state index < -0.39 is 0 Å². The Labute approximate surface area is 233 Å². The van der Waals surface area contributed by atoms with Crippen LogP contribution >= 0.6 is 22.9 Å². The van der Waals surface area contributed by atoms with Gasteiger partial charge in [-0.25, -0.2) is 4.98 Å². The quantitative estimate of drug-likeness (QED) is 0.229. The predicted octanol–water partition coefficient (Wildman–Crippen LogP) is 5.42. The van der Waals surface area contributed by atoms with Crippen LogP contribution in [0.3, 0.4) is 0 Å². The summed E-state index contributed by atoms with van der Waals surface area (Å²) >= 11 is 7.94. The molecule has 2 aromatic heterocycles. The molecule has 0 fully saturated rings. The van der Waals surface area contributed by atoms with Crippen LogP contribution in [0.5, 0.6) is 5.75 Å². The van der Waals surface area contributed by atoms with Crippen molar-refractivity contribution in [2.75, 3.05) is 40.0 Å². The summed E-state index contributed by atoms with van der Waals surface area (Å²) in [6, 6.07) is 17.7. The summed E-state index contributed by atoms with van der Waals surface area (Å²) in [7, 11) is 6.17. The Morgan fingerprint density at radius 1 is 1.08 bits per heavy atom. The molecule has 2 heterocycles. The van der Waals surface area contributed by atoms with Gasteiger partial charge in [-0.15, -0.1) is 11.3 Å². The third-order valence-electron chi connectivity index (χ3n) is 6.08. The molecule has 0 aliphatic rings. The average molecular weight is 552 g/mol. The van der Waals surface area contributed by atoms with E-state index in [0.717, 1.165) is 52.0 Å². The van der Waals surface area contributed by atoms with Gasteiger partial charge in [0.2, 0.25) is 0 Å². The van der Waals surface area contributed by atoms with Crippen molar-refractivity contribution < 1.29 is 9.53 Å². The SMILES string of the molecule is CN(C)CCCOc1cccc(CN(C)Cc2sc(C(=O)NCc3ccc4c(N)nccc4c3)cc2Cl)c1. The molecule has 0 unspecified atom stereocenters. The number of nitrogens with two attached hydrogens (primary N) is 1. The van der Waals surface area contributed by atoms with Crippen molar-refractivity contribution in [1.29, 1.82) is 0 Å². The van der Waals surface area contributed by atoms with E-state index in [-0.39, 0.29) is 5.91 Å². The number of halogens is 1. The van der Waals surface area contributed by atoms with Crippen molar-refractivity contribution in [3.63, 3.8) is 0 Å². The highest BCUT2D eigenvalue weighted by Crippen LogP contribution is 2.29. The van der Waals surface area contributed by atoms with E-state index >= 15 is 0 Å². The van der Waals surface area contributed by atoms with Gasteiger partial charge in [0.1, 0.15) is 11.6 Å². The molecular weight excluding hydrogens is 518 g/mol. The van der Waals surface area contributed by atoms with Gasteiger partial charge in [0.15, 0.2) is 0 Å². The van der Waals surface area contributed by atoms with Crippen molar-refractivity contribution in [3.05, 3.63) is 86.7 Å². The van der Waals surface area contributed by atoms with Crippen molar-refractivity contribution in [1.82, 2.24) is 20.1 Å². The van der Waals surface area contributed by atoms with E-state index in [1.54, 1.807) is 12.3 Å². The number of nitrogen functional groups attached to an aromatic ring is 1. The lowest BCUT2D eigenvalue weighted by Crippen LogP contribution is -2.21. The number of nitrogens with one attached hydrogen (secondary N) is 1. The molecule has 1 amide bonds. The number of benzene rings is 2. The number of hydrogen-bond donors (Lipinski definition) is 2. The highest BCUT2D eigenvalue weighted by Gasteiger charge is 2.15. The third-order valence-corrected chi connectivity index (χ3v) is 7.64. The van der Waals surface area contributed by atoms with Gasteiger partial charge in [-0.3, -0.25) is 9.69 Å². The smallest absolute Gasteiger partial charge is 0.261 e. The first-order chi connectivity index (χ1) is 18.3. The lowest BCUT2D eigenvalue weighted by atomic mass is 10.1. The van der Waals surface area contributed by atoms with Crippen molar-refractivity contribution in [2.45, 2.75) is 26.1 Å². The number of carbonyl (C=O) groups is 1. The zero-order valence-electron chi connectivity index (χ0n) is 22.0. The van der Waals surface area contributed by atoms with Gasteiger partial charge >= 0.3 is 0 Å². The number of thiophene rings is 1. The molecule has 0 bridgehead atoms. The number of nitrogens with zero attached hydrogens (tertiary/aromatic N) is 3. The van der Waals surface area contributed by atoms with E-state index in [1.165, 1.54) is 11.3 Å². The van der Waals surface area contributed by atoms with E-state index in [4.69, 9.17) is 22.1 Å². The molecule has 0 aliphatic carbocycles. The van der Waals surface area contributed by atoms with Crippen LogP contribution in [0, 0.1) is 0 Å². The second kappa shape index (κ2) is 13.1. The molecule has 4 rings (SSSR count). The van der Waals surface area contributed by atoms with Gasteiger partial charge in [0.05, 0.1) is 16.5 Å². The number of amides is 1. The summed E-state index contributed by atoms with van der Waals surface area (Å²) in [4.78, 5) is 22.8. The lowest BCUT2D eigenvalue weighted by molar-refractivity contribution is 0.0955. The van der Waals surface area contributed by atoms with E-state index in [0.29, 0.717) is 35.4 Å². The Balaban J connectivity index is 1.30. The van der Waals surface area contributed by atoms with Gasteiger partial charge in [-0.05, 0) is 74.4 Å². The Morgan fingerprint density at radius 2 is 1.92 bits per heavy atom. The summed E-state index contributed by atoms with van der Waals surface area (Å²) in [6.07, 6.45) is 2.67. The molecule has 0 radical (unpaired) electrons. The molecule has 0 atom stereocenters. The first-order valence-electron chi connectivity index (χ1n) is 12.5. The van der Waals surface area contributed by atoms with Gasteiger partial charge in [-0.2, -0.15) is 0 Å². The minimum atomic E-state index is -0.140. The zero-order valence-corrected chi connectivity index (χ0v) is 23.6. The van der Waals surface area contributed by atoms with Crippen LogP contribution in [0.4, 0.5) is 5.82 Å². The van der Waals surface area contributed by atoms with E-state index in [2.05, 4.69) is 46.3 Å². The number of aromatic nitrogens is 1. The number of carbonyl (C=O) groups excluding carboxylic acids is 1. The van der Waals surface area contributed by atoms with E-state index in [1.807, 2.05) is 43.4 Å². The highest BCUT2D eigenvalue weighted by atomic mass is 35.5. The highest BCUT2D eigenvalue weighted by molar-refractivity contribution is 7.14. The summed E-state index contributed by atoms with van der Waals surface area (Å²) in [5.41, 5.74) is 8.09. The molecule has 2 aromatic carbocycles. The maximum absolute atomic E-state index is 12.8. The molecule has 3 N–H and O–H groups in total. The van der Waals surface area contributed by atoms with Crippen LogP contribution in [-0.2, 0) is 19.6 Å². The first kappa shape index (κ1) is 27.9. The maximum atomic E-state index is 12.8. The molecule has 7 nitrogen and oxygen atoms in total. The summed E-state index contributed by atoms with van der Waals surface area (Å²) < 4.78 is 5.91. The number of fused-ring (bicyclic) bond motifs is 1. The average Bonchev–Trinajstić information content (AvgIpc) is 3.25. The molecule has 9 heteroatoms. The third kappa shape index (κ3) is 7.68. The predicted molar refractivity (Wildman–Crippen MR) is 157 cm³/mol. The zero-order chi connectivity index (χ0) is 27.1. The molecular formula is C29H34ClN5O2S. The van der Waals surface area contributed by atoms with Crippen molar-refractivity contribution >= 4 is 45.4 Å². The number of anilines is 1. The first-order valence-corrected chi connectivity index (χ1v) is 13.7. The van der Waals surface area contributed by atoms with Gasteiger partial charge in [0, 0.05) is 42.6 Å². The van der Waals surface area contributed by atoms with Crippen LogP contribution in [0.15, 0.2) is 60.8 Å². The second-order valence-corrected chi connectivity index (χ2v) is 11.2. The standard InChI is InChI=1S/C29H34ClN5O2S/c1-34(2)12-5-13-37-23-7-4-6-21(15-23)18-35(3)19-27-25(30)16-26(38-27)29(36)33-17-20-8-9-24-22(14-20)10-11-32-28(24)31/h4,6-11,14-16H,5,12-13,17-19H2,1-3H3,(H2,31,32)(H,33,36). The second-order valence-electron chi connectivity index (χ2n) is 9.64. The monoisotopic (exact) mass is 551 g/mol. The van der Waals surface area contributed by atoms with Crippen molar-refractivity contribution in [2.24, 2.45) is 0 Å². The normalized spacial score (nSPS) is 11.4. The fraction of sp³-hybridized carbons (Fsp3) is 0.310. The van der Waals surface area contributed by atoms with E-state index in [9.17, 15) is 4.79 Å². The van der Waals surface area contributed by atoms with Crippen molar-refractivity contribution in [3.8, 4) is 5.75 Å². The molecule has 0 saturated heterocycles. The molecule has 38 heavy (non-hydrogen) atoms. The van der Waals surface area contributed by atoms with Gasteiger partial charge < -0.3 is 20.7 Å². The Hall–Kier alpha value is -3.17. The van der Waals surface area contributed by atoms with Crippen LogP contribution in [0.25, 0.3) is 10.8 Å². The Morgan fingerprint density at radius 3 is 2.74 bits per heavy atom. The molecule has 0 spiro atoms. The summed E-state index contributed by atoms with van der Waals surface area (Å²) in [6.45, 7) is 3.49. The van der Waals surface area contributed by atoms with Gasteiger partial charge in [0.25, 0.3) is 5.91 Å². The van der Waals surface area contributed by atoms with Crippen LogP contribution in [0.1, 0.15) is 32.1 Å². The molecule has 0 aliphatic heterocycles. The van der Waals surface area contributed by atoms with Crippen LogP contribution in [0.2, 0.25) is 5.02 Å². The molecule has 4 aromatic rings. The molecule has 200 valence electrons. The van der Waals surface area contributed by atoms with Crippen LogP contribution < -0.4 is 15.8 Å². The number of pyridine rings is 1. The Bertz CT molecular complexity index is 1390. The number of hydrogen-bond acceptors (Lipinski definition) is 7. The fourth-order valence-electron chi connectivity index (χ4n) is 4.17. The molecule has 0 saturated carbocycles. The number of ether oxygens (including phenoxy) is 1. The summed E-state index contributed by atoms with van der Waals surface area (Å²) in [5, 5.41) is 5.51. The summed E-state index contributed by atoms with van der Waals surface area (Å²) in [5.74, 6) is 1.24. The van der Waals surface area contributed by atoms with Crippen LogP contribution in [-0.4, -0.2) is 55.0 Å². The number of rotatable bonds is 12. The van der Waals surface area contributed by atoms with Gasteiger partial charge in [-0.1, -0.05) is 35.9 Å².